The van der Waals surface area contributed by atoms with Crippen molar-refractivity contribution in [3.05, 3.63) is 35.4 Å². The predicted octanol–water partition coefficient (Wildman–Crippen LogP) is 4.07. The monoisotopic (exact) mass is 402 g/mol. The normalized spacial score (nSPS) is 22.8. The van der Waals surface area contributed by atoms with Gasteiger partial charge in [-0.15, -0.1) is 0 Å². The van der Waals surface area contributed by atoms with Crippen LogP contribution in [0.25, 0.3) is 0 Å². The molecule has 1 fully saturated rings. The topological polar surface area (TPSA) is 53.0 Å². The summed E-state index contributed by atoms with van der Waals surface area (Å²) in [4.78, 5) is 16.1. The van der Waals surface area contributed by atoms with Gasteiger partial charge in [0.2, 0.25) is 0 Å². The maximum absolute atomic E-state index is 12.8. The van der Waals surface area contributed by atoms with Gasteiger partial charge in [-0.3, -0.25) is 4.90 Å². The molecule has 1 N–H and O–H groups in total. The SMILES string of the molecule is CC(c1ccc(C(F)(F)F)cc1)N1C[C@H](C)N(C(=O)OC(C)(C)C)C[C@H]1CO. The number of benzene rings is 1. The van der Waals surface area contributed by atoms with Gasteiger partial charge < -0.3 is 14.7 Å². The van der Waals surface area contributed by atoms with Gasteiger partial charge in [-0.25, -0.2) is 4.79 Å². The van der Waals surface area contributed by atoms with Gasteiger partial charge in [0.1, 0.15) is 5.60 Å². The van der Waals surface area contributed by atoms with Gasteiger partial charge in [0.05, 0.1) is 18.2 Å². The lowest BCUT2D eigenvalue weighted by molar-refractivity contribution is -0.137. The van der Waals surface area contributed by atoms with Crippen LogP contribution in [0.15, 0.2) is 24.3 Å². The average molecular weight is 402 g/mol. The summed E-state index contributed by atoms with van der Waals surface area (Å²) in [7, 11) is 0. The molecule has 28 heavy (non-hydrogen) atoms. The summed E-state index contributed by atoms with van der Waals surface area (Å²) in [6.45, 7) is 9.76. The van der Waals surface area contributed by atoms with Crippen molar-refractivity contribution in [3.63, 3.8) is 0 Å². The Bertz CT molecular complexity index is 671. The third-order valence-corrected chi connectivity index (χ3v) is 4.94. The van der Waals surface area contributed by atoms with E-state index in [2.05, 4.69) is 0 Å². The Kier molecular flexibility index (Phi) is 6.66. The zero-order chi connectivity index (χ0) is 21.3. The maximum Gasteiger partial charge on any atom is 0.416 e. The van der Waals surface area contributed by atoms with Crippen molar-refractivity contribution < 1.29 is 27.8 Å². The Hall–Kier alpha value is -1.80. The summed E-state index contributed by atoms with van der Waals surface area (Å²) in [5, 5.41) is 9.86. The van der Waals surface area contributed by atoms with Gasteiger partial charge in [0, 0.05) is 25.2 Å². The number of hydrogen-bond donors (Lipinski definition) is 1. The molecule has 1 aromatic rings. The van der Waals surface area contributed by atoms with Crippen molar-refractivity contribution in [2.75, 3.05) is 19.7 Å². The van der Waals surface area contributed by atoms with E-state index in [4.69, 9.17) is 4.74 Å². The molecule has 0 saturated carbocycles. The van der Waals surface area contributed by atoms with Crippen LogP contribution in [0.4, 0.5) is 18.0 Å². The molecule has 8 heteroatoms. The van der Waals surface area contributed by atoms with Crippen LogP contribution < -0.4 is 0 Å². The van der Waals surface area contributed by atoms with Crippen LogP contribution in [0.3, 0.4) is 0 Å². The highest BCUT2D eigenvalue weighted by atomic mass is 19.4. The maximum atomic E-state index is 12.8. The number of halogens is 3. The largest absolute Gasteiger partial charge is 0.444 e. The Balaban J connectivity index is 2.15. The van der Waals surface area contributed by atoms with E-state index in [-0.39, 0.29) is 31.3 Å². The molecule has 3 atom stereocenters. The van der Waals surface area contributed by atoms with Crippen LogP contribution in [0.2, 0.25) is 0 Å². The second-order valence-corrected chi connectivity index (χ2v) is 8.31. The highest BCUT2D eigenvalue weighted by molar-refractivity contribution is 5.68. The van der Waals surface area contributed by atoms with Gasteiger partial charge in [0.25, 0.3) is 0 Å². The van der Waals surface area contributed by atoms with Gasteiger partial charge in [-0.2, -0.15) is 13.2 Å². The van der Waals surface area contributed by atoms with E-state index in [0.717, 1.165) is 17.7 Å². The van der Waals surface area contributed by atoms with Crippen molar-refractivity contribution in [1.29, 1.82) is 0 Å². The van der Waals surface area contributed by atoms with Crippen LogP contribution in [-0.4, -0.2) is 58.4 Å². The number of aliphatic hydroxyl groups is 1. The van der Waals surface area contributed by atoms with E-state index in [1.54, 1.807) is 25.7 Å². The third kappa shape index (κ3) is 5.38. The van der Waals surface area contributed by atoms with Crippen LogP contribution in [0.1, 0.15) is 51.8 Å². The van der Waals surface area contributed by atoms with Crippen molar-refractivity contribution in [2.24, 2.45) is 0 Å². The predicted molar refractivity (Wildman–Crippen MR) is 99.8 cm³/mol. The molecule has 2 rings (SSSR count). The van der Waals surface area contributed by atoms with Gasteiger partial charge in [-0.1, -0.05) is 12.1 Å². The number of carbonyl (C=O) groups excluding carboxylic acids is 1. The number of nitrogens with zero attached hydrogens (tertiary/aromatic N) is 2. The number of hydrogen-bond acceptors (Lipinski definition) is 4. The summed E-state index contributed by atoms with van der Waals surface area (Å²) >= 11 is 0. The molecule has 1 saturated heterocycles. The van der Waals surface area contributed by atoms with E-state index in [1.807, 2.05) is 18.7 Å². The molecule has 5 nitrogen and oxygen atoms in total. The van der Waals surface area contributed by atoms with E-state index in [1.165, 1.54) is 12.1 Å². The molecule has 1 heterocycles. The highest BCUT2D eigenvalue weighted by Crippen LogP contribution is 2.32. The molecular formula is C20H29F3N2O3. The summed E-state index contributed by atoms with van der Waals surface area (Å²) in [5.74, 6) is 0. The lowest BCUT2D eigenvalue weighted by Gasteiger charge is -2.47. The number of rotatable bonds is 3. The number of alkyl halides is 3. The quantitative estimate of drug-likeness (QED) is 0.828. The summed E-state index contributed by atoms with van der Waals surface area (Å²) < 4.78 is 43.8. The molecule has 1 aliphatic heterocycles. The molecule has 0 bridgehead atoms. The number of carbonyl (C=O) groups is 1. The summed E-state index contributed by atoms with van der Waals surface area (Å²) in [6, 6.07) is 4.37. The van der Waals surface area contributed by atoms with Crippen molar-refractivity contribution >= 4 is 6.09 Å². The lowest BCUT2D eigenvalue weighted by atomic mass is 9.99. The Morgan fingerprint density at radius 3 is 2.25 bits per heavy atom. The Labute approximate surface area is 164 Å². The van der Waals surface area contributed by atoms with Crippen LogP contribution in [0, 0.1) is 0 Å². The number of aliphatic hydroxyl groups excluding tert-OH is 1. The van der Waals surface area contributed by atoms with Gasteiger partial charge in [-0.05, 0) is 52.3 Å². The number of piperazine rings is 1. The fourth-order valence-corrected chi connectivity index (χ4v) is 3.42. The fraction of sp³-hybridized carbons (Fsp3) is 0.650. The van der Waals surface area contributed by atoms with Gasteiger partial charge >= 0.3 is 12.3 Å². The minimum absolute atomic E-state index is 0.158. The molecular weight excluding hydrogens is 373 g/mol. The van der Waals surface area contributed by atoms with E-state index >= 15 is 0 Å². The Morgan fingerprint density at radius 1 is 1.21 bits per heavy atom. The Morgan fingerprint density at radius 2 is 1.79 bits per heavy atom. The zero-order valence-electron chi connectivity index (χ0n) is 17.0. The molecule has 0 radical (unpaired) electrons. The van der Waals surface area contributed by atoms with E-state index in [9.17, 15) is 23.1 Å². The zero-order valence-corrected chi connectivity index (χ0v) is 17.0. The standard InChI is InChI=1S/C20H29F3N2O3/c1-13-10-25(14(2)15-6-8-16(9-7-15)20(21,22)23)17(12-26)11-24(13)18(27)28-19(3,4)5/h6-9,13-14,17,26H,10-12H2,1-5H3/t13-,14?,17-/m0/s1. The molecule has 1 amide bonds. The smallest absolute Gasteiger partial charge is 0.416 e. The minimum Gasteiger partial charge on any atom is -0.444 e. The third-order valence-electron chi connectivity index (χ3n) is 4.94. The molecule has 1 aromatic carbocycles. The number of amides is 1. The molecule has 158 valence electrons. The second kappa shape index (κ2) is 8.29. The molecule has 0 aromatic heterocycles. The number of ether oxygens (including phenoxy) is 1. The van der Waals surface area contributed by atoms with Crippen molar-refractivity contribution in [3.8, 4) is 0 Å². The van der Waals surface area contributed by atoms with E-state index in [0.29, 0.717) is 6.54 Å². The second-order valence-electron chi connectivity index (χ2n) is 8.31. The molecule has 0 aliphatic carbocycles. The summed E-state index contributed by atoms with van der Waals surface area (Å²) in [6.07, 6.45) is -4.80. The first-order chi connectivity index (χ1) is 12.8. The van der Waals surface area contributed by atoms with Crippen molar-refractivity contribution in [1.82, 2.24) is 9.80 Å². The first kappa shape index (κ1) is 22.5. The highest BCUT2D eigenvalue weighted by Gasteiger charge is 2.38. The van der Waals surface area contributed by atoms with Crippen LogP contribution >= 0.6 is 0 Å². The first-order valence-corrected chi connectivity index (χ1v) is 9.37. The minimum atomic E-state index is -4.37. The molecule has 1 unspecified atom stereocenters. The van der Waals surface area contributed by atoms with Crippen LogP contribution in [-0.2, 0) is 10.9 Å². The van der Waals surface area contributed by atoms with Crippen molar-refractivity contribution in [2.45, 2.75) is 64.5 Å². The molecule has 1 aliphatic rings. The molecule has 0 spiro atoms. The summed E-state index contributed by atoms with van der Waals surface area (Å²) in [5.41, 5.74) is -0.578. The van der Waals surface area contributed by atoms with E-state index < -0.39 is 23.4 Å². The fourth-order valence-electron chi connectivity index (χ4n) is 3.42. The first-order valence-electron chi connectivity index (χ1n) is 9.37. The lowest BCUT2D eigenvalue weighted by Crippen LogP contribution is -2.61. The van der Waals surface area contributed by atoms with Crippen LogP contribution in [0.5, 0.6) is 0 Å². The average Bonchev–Trinajstić information content (AvgIpc) is 2.58. The van der Waals surface area contributed by atoms with Gasteiger partial charge in [0.15, 0.2) is 0 Å².